The van der Waals surface area contributed by atoms with Crippen molar-refractivity contribution in [1.82, 2.24) is 0 Å². The van der Waals surface area contributed by atoms with Crippen LogP contribution in [0.5, 0.6) is 0 Å². The third kappa shape index (κ3) is 3.59. The van der Waals surface area contributed by atoms with Crippen LogP contribution in [0.15, 0.2) is 30.3 Å². The van der Waals surface area contributed by atoms with Crippen molar-refractivity contribution in [2.24, 2.45) is 11.8 Å². The molecule has 1 aliphatic heterocycles. The predicted octanol–water partition coefficient (Wildman–Crippen LogP) is 3.99. The molecular weight excluding hydrogens is 236 g/mol. The number of ether oxygens (including phenoxy) is 1. The molecule has 0 spiro atoms. The fourth-order valence-corrected chi connectivity index (χ4v) is 2.89. The summed E-state index contributed by atoms with van der Waals surface area (Å²) in [5.74, 6) is 0.467. The molecule has 0 radical (unpaired) electrons. The number of cyclic esters (lactones) is 1. The summed E-state index contributed by atoms with van der Waals surface area (Å²) in [4.78, 5) is 12.0. The van der Waals surface area contributed by atoms with Crippen LogP contribution < -0.4 is 0 Å². The second-order valence-electron chi connectivity index (χ2n) is 5.63. The summed E-state index contributed by atoms with van der Waals surface area (Å²) in [6.07, 6.45) is 5.43. The molecule has 0 saturated carbocycles. The maximum absolute atomic E-state index is 12.0. The number of rotatable bonds is 6. The fraction of sp³-hybridized carbons (Fsp3) is 0.588. The molecule has 1 fully saturated rings. The first-order valence-corrected chi connectivity index (χ1v) is 7.46. The SMILES string of the molecule is CCCCC[C@H]1C(=O)O[C@@H](Cc2ccccc2)[C@H]1C. The van der Waals surface area contributed by atoms with E-state index in [-0.39, 0.29) is 18.0 Å². The molecule has 1 aromatic rings. The average Bonchev–Trinajstić information content (AvgIpc) is 2.68. The molecule has 1 aromatic carbocycles. The molecule has 0 aliphatic carbocycles. The van der Waals surface area contributed by atoms with Crippen LogP contribution in [0.3, 0.4) is 0 Å². The van der Waals surface area contributed by atoms with Gasteiger partial charge in [-0.1, -0.05) is 63.4 Å². The molecular formula is C17H24O2. The molecule has 0 aromatic heterocycles. The van der Waals surface area contributed by atoms with Crippen molar-refractivity contribution in [1.29, 1.82) is 0 Å². The van der Waals surface area contributed by atoms with Gasteiger partial charge in [0.05, 0.1) is 5.92 Å². The van der Waals surface area contributed by atoms with Gasteiger partial charge < -0.3 is 4.74 Å². The first-order chi connectivity index (χ1) is 9.22. The molecule has 0 bridgehead atoms. The zero-order valence-corrected chi connectivity index (χ0v) is 12.0. The Bertz CT molecular complexity index is 399. The van der Waals surface area contributed by atoms with E-state index >= 15 is 0 Å². The summed E-state index contributed by atoms with van der Waals surface area (Å²) in [5.41, 5.74) is 1.25. The molecule has 1 heterocycles. The standard InChI is InChI=1S/C17H24O2/c1-3-4-6-11-15-13(2)16(19-17(15)18)12-14-9-7-5-8-10-14/h5,7-10,13,15-16H,3-4,6,11-12H2,1-2H3/t13-,15+,16-/m0/s1. The highest BCUT2D eigenvalue weighted by atomic mass is 16.6. The maximum atomic E-state index is 12.0. The largest absolute Gasteiger partial charge is 0.461 e. The zero-order chi connectivity index (χ0) is 13.7. The van der Waals surface area contributed by atoms with Gasteiger partial charge in [-0.25, -0.2) is 0 Å². The zero-order valence-electron chi connectivity index (χ0n) is 12.0. The Balaban J connectivity index is 1.92. The minimum atomic E-state index is 0.0181. The highest BCUT2D eigenvalue weighted by Gasteiger charge is 2.40. The molecule has 2 rings (SSSR count). The molecule has 2 nitrogen and oxygen atoms in total. The number of hydrogen-bond acceptors (Lipinski definition) is 2. The maximum Gasteiger partial charge on any atom is 0.309 e. The van der Waals surface area contributed by atoms with Gasteiger partial charge in [-0.3, -0.25) is 4.79 Å². The second-order valence-corrected chi connectivity index (χ2v) is 5.63. The van der Waals surface area contributed by atoms with Crippen LogP contribution in [-0.4, -0.2) is 12.1 Å². The topological polar surface area (TPSA) is 26.3 Å². The van der Waals surface area contributed by atoms with E-state index in [2.05, 4.69) is 26.0 Å². The summed E-state index contributed by atoms with van der Waals surface area (Å²) in [5, 5.41) is 0. The van der Waals surface area contributed by atoms with Gasteiger partial charge in [-0.15, -0.1) is 0 Å². The lowest BCUT2D eigenvalue weighted by atomic mass is 9.86. The van der Waals surface area contributed by atoms with Crippen LogP contribution in [0.4, 0.5) is 0 Å². The van der Waals surface area contributed by atoms with Gasteiger partial charge in [-0.05, 0) is 12.0 Å². The molecule has 0 unspecified atom stereocenters. The number of carbonyl (C=O) groups is 1. The van der Waals surface area contributed by atoms with Crippen LogP contribution in [0.2, 0.25) is 0 Å². The lowest BCUT2D eigenvalue weighted by Gasteiger charge is -2.16. The average molecular weight is 260 g/mol. The Kier molecular flexibility index (Phi) is 5.00. The monoisotopic (exact) mass is 260 g/mol. The van der Waals surface area contributed by atoms with Crippen LogP contribution in [0, 0.1) is 11.8 Å². The number of carbonyl (C=O) groups excluding carboxylic acids is 1. The molecule has 0 amide bonds. The quantitative estimate of drug-likeness (QED) is 0.571. The Morgan fingerprint density at radius 3 is 2.58 bits per heavy atom. The molecule has 3 atom stereocenters. The number of unbranched alkanes of at least 4 members (excludes halogenated alkanes) is 2. The van der Waals surface area contributed by atoms with Gasteiger partial charge in [0.2, 0.25) is 0 Å². The summed E-state index contributed by atoms with van der Waals surface area (Å²) in [7, 11) is 0. The smallest absolute Gasteiger partial charge is 0.309 e. The number of hydrogen-bond donors (Lipinski definition) is 0. The minimum Gasteiger partial charge on any atom is -0.461 e. The molecule has 19 heavy (non-hydrogen) atoms. The van der Waals surface area contributed by atoms with Crippen molar-refractivity contribution in [2.75, 3.05) is 0 Å². The van der Waals surface area contributed by atoms with Crippen molar-refractivity contribution >= 4 is 5.97 Å². The van der Waals surface area contributed by atoms with Gasteiger partial charge in [-0.2, -0.15) is 0 Å². The van der Waals surface area contributed by atoms with E-state index in [1.807, 2.05) is 18.2 Å². The van der Waals surface area contributed by atoms with E-state index in [0.717, 1.165) is 19.3 Å². The highest BCUT2D eigenvalue weighted by Crippen LogP contribution is 2.33. The van der Waals surface area contributed by atoms with Crippen molar-refractivity contribution in [3.63, 3.8) is 0 Å². The summed E-state index contributed by atoms with van der Waals surface area (Å²) in [6, 6.07) is 10.3. The van der Waals surface area contributed by atoms with Crippen molar-refractivity contribution in [3.8, 4) is 0 Å². The van der Waals surface area contributed by atoms with E-state index < -0.39 is 0 Å². The second kappa shape index (κ2) is 6.74. The fourth-order valence-electron chi connectivity index (χ4n) is 2.89. The first kappa shape index (κ1) is 14.1. The number of benzene rings is 1. The van der Waals surface area contributed by atoms with Crippen molar-refractivity contribution in [3.05, 3.63) is 35.9 Å². The van der Waals surface area contributed by atoms with E-state index in [4.69, 9.17) is 4.74 Å². The van der Waals surface area contributed by atoms with Crippen LogP contribution in [0.1, 0.15) is 45.1 Å². The Labute approximate surface area is 116 Å². The van der Waals surface area contributed by atoms with Crippen molar-refractivity contribution in [2.45, 2.75) is 52.1 Å². The van der Waals surface area contributed by atoms with E-state index in [1.165, 1.54) is 18.4 Å². The van der Waals surface area contributed by atoms with Crippen LogP contribution in [0.25, 0.3) is 0 Å². The third-order valence-electron chi connectivity index (χ3n) is 4.19. The molecule has 1 saturated heterocycles. The Morgan fingerprint density at radius 2 is 1.89 bits per heavy atom. The van der Waals surface area contributed by atoms with E-state index in [0.29, 0.717) is 5.92 Å². The normalized spacial score (nSPS) is 26.4. The first-order valence-electron chi connectivity index (χ1n) is 7.46. The van der Waals surface area contributed by atoms with Gasteiger partial charge in [0.1, 0.15) is 6.10 Å². The Morgan fingerprint density at radius 1 is 1.16 bits per heavy atom. The van der Waals surface area contributed by atoms with Crippen LogP contribution in [-0.2, 0) is 16.0 Å². The minimum absolute atomic E-state index is 0.0181. The molecule has 0 N–H and O–H groups in total. The lowest BCUT2D eigenvalue weighted by molar-refractivity contribution is -0.144. The van der Waals surface area contributed by atoms with E-state index in [1.54, 1.807) is 0 Å². The highest BCUT2D eigenvalue weighted by molar-refractivity contribution is 5.75. The van der Waals surface area contributed by atoms with Gasteiger partial charge in [0.15, 0.2) is 0 Å². The van der Waals surface area contributed by atoms with Crippen molar-refractivity contribution < 1.29 is 9.53 Å². The molecule has 1 aliphatic rings. The molecule has 104 valence electrons. The summed E-state index contributed by atoms with van der Waals surface area (Å²) >= 11 is 0. The van der Waals surface area contributed by atoms with Gasteiger partial charge in [0.25, 0.3) is 0 Å². The summed E-state index contributed by atoms with van der Waals surface area (Å²) in [6.45, 7) is 4.35. The lowest BCUT2D eigenvalue weighted by Crippen LogP contribution is -2.20. The summed E-state index contributed by atoms with van der Waals surface area (Å²) < 4.78 is 5.58. The van der Waals surface area contributed by atoms with Gasteiger partial charge in [0, 0.05) is 12.3 Å². The Hall–Kier alpha value is -1.31. The van der Waals surface area contributed by atoms with Gasteiger partial charge >= 0.3 is 5.97 Å². The van der Waals surface area contributed by atoms with Crippen LogP contribution >= 0.6 is 0 Å². The third-order valence-corrected chi connectivity index (χ3v) is 4.19. The van der Waals surface area contributed by atoms with E-state index in [9.17, 15) is 4.79 Å². The number of esters is 1. The molecule has 2 heteroatoms. The predicted molar refractivity (Wildman–Crippen MR) is 76.8 cm³/mol.